The van der Waals surface area contributed by atoms with Gasteiger partial charge in [-0.15, -0.1) is 0 Å². The lowest BCUT2D eigenvalue weighted by atomic mass is 14.0. The molecule has 0 aromatic rings. The zero-order valence-electron chi connectivity index (χ0n) is 6.33. The molecule has 0 aliphatic heterocycles. The molecule has 0 unspecified atom stereocenters. The Balaban J connectivity index is -0.0000000408. The smallest absolute Gasteiger partial charge is 0.344 e. The van der Waals surface area contributed by atoms with Gasteiger partial charge in [-0.1, -0.05) is 0 Å². The van der Waals surface area contributed by atoms with Gasteiger partial charge in [0.2, 0.25) is 0 Å². The van der Waals surface area contributed by atoms with Gasteiger partial charge in [0, 0.05) is 0 Å². The molecule has 0 rings (SSSR count). The molecular formula is H16N4O6P2. The Kier molecular flexibility index (Phi) is 19.1. The summed E-state index contributed by atoms with van der Waals surface area (Å²) in [5.74, 6) is 0. The maximum atomic E-state index is 9.58. The fourth-order valence-electron chi connectivity index (χ4n) is 0. The van der Waals surface area contributed by atoms with E-state index in [-0.39, 0.29) is 24.6 Å². The molecule has 0 fully saturated rings. The van der Waals surface area contributed by atoms with Gasteiger partial charge in [-0.05, 0) is 0 Å². The maximum absolute atomic E-state index is 9.58. The van der Waals surface area contributed by atoms with Crippen LogP contribution in [0.4, 0.5) is 0 Å². The lowest BCUT2D eigenvalue weighted by Crippen LogP contribution is -1.78. The van der Waals surface area contributed by atoms with Crippen molar-refractivity contribution in [2.75, 3.05) is 0 Å². The third-order valence-electron chi connectivity index (χ3n) is 0.339. The quantitative estimate of drug-likeness (QED) is 0.277. The van der Waals surface area contributed by atoms with Crippen LogP contribution >= 0.6 is 14.6 Å². The van der Waals surface area contributed by atoms with Crippen LogP contribution in [0, 0.1) is 0 Å². The normalized spacial score (nSPS) is 9.33. The molecular weight excluding hydrogens is 214 g/mol. The Bertz CT molecular complexity index is 146. The molecule has 0 aliphatic rings. The van der Waals surface area contributed by atoms with Crippen molar-refractivity contribution in [3.05, 3.63) is 0 Å². The van der Waals surface area contributed by atoms with Gasteiger partial charge >= 0.3 is 14.6 Å². The molecule has 0 bridgehead atoms. The van der Waals surface area contributed by atoms with E-state index in [9.17, 15) is 9.13 Å². The molecule has 16 N–H and O–H groups in total. The van der Waals surface area contributed by atoms with Crippen molar-refractivity contribution in [3.63, 3.8) is 0 Å². The Morgan fingerprint density at radius 3 is 0.667 bits per heavy atom. The zero-order valence-corrected chi connectivity index (χ0v) is 8.12. The van der Waals surface area contributed by atoms with E-state index in [0.717, 1.165) is 0 Å². The first-order valence-electron chi connectivity index (χ1n) is 1.37. The van der Waals surface area contributed by atoms with Crippen LogP contribution in [0.2, 0.25) is 0 Å². The Hall–Kier alpha value is 0.140. The molecule has 12 heteroatoms. The van der Waals surface area contributed by atoms with Crippen LogP contribution < -0.4 is 24.6 Å². The largest absolute Gasteiger partial charge is 0.435 e. The molecule has 0 heterocycles. The minimum atomic E-state index is -5.18. The molecule has 0 amide bonds. The summed E-state index contributed by atoms with van der Waals surface area (Å²) in [5, 5.41) is 0. The molecule has 0 aromatic heterocycles. The van der Waals surface area contributed by atoms with Crippen molar-refractivity contribution < 1.29 is 28.7 Å². The molecule has 12 heavy (non-hydrogen) atoms. The topological polar surface area (TPSA) is 255 Å². The standard InChI is InChI=1S/4H3N.H4O6P2/c;;;;1-7(2,3)8(4,5)6/h4*1H3;(H2,1,2,3)(H2,4,5,6). The van der Waals surface area contributed by atoms with E-state index in [2.05, 4.69) is 0 Å². The van der Waals surface area contributed by atoms with E-state index in [0.29, 0.717) is 0 Å². The third kappa shape index (κ3) is 10.1. The highest BCUT2D eigenvalue weighted by atomic mass is 32.1. The highest BCUT2D eigenvalue weighted by Gasteiger charge is 2.37. The van der Waals surface area contributed by atoms with E-state index in [1.165, 1.54) is 0 Å². The van der Waals surface area contributed by atoms with E-state index >= 15 is 0 Å². The molecule has 0 spiro atoms. The predicted molar refractivity (Wildman–Crippen MR) is 44.2 cm³/mol. The number of hydrogen-bond donors (Lipinski definition) is 8. The molecule has 10 nitrogen and oxygen atoms in total. The molecule has 0 saturated carbocycles. The van der Waals surface area contributed by atoms with Gasteiger partial charge < -0.3 is 44.2 Å². The van der Waals surface area contributed by atoms with Gasteiger partial charge in [-0.3, -0.25) is 0 Å². The Morgan fingerprint density at radius 1 is 0.583 bits per heavy atom. The average Bonchev–Trinajstić information content (AvgIpc) is 1.25. The van der Waals surface area contributed by atoms with Gasteiger partial charge in [0.05, 0.1) is 0 Å². The second-order valence-corrected chi connectivity index (χ2v) is 6.21. The summed E-state index contributed by atoms with van der Waals surface area (Å²) < 4.78 is 19.2. The van der Waals surface area contributed by atoms with E-state index in [1.807, 2.05) is 0 Å². The van der Waals surface area contributed by atoms with E-state index in [4.69, 9.17) is 19.6 Å². The molecule has 0 aromatic carbocycles. The summed E-state index contributed by atoms with van der Waals surface area (Å²) >= 11 is 0. The lowest BCUT2D eigenvalue weighted by molar-refractivity contribution is 0.340. The summed E-state index contributed by atoms with van der Waals surface area (Å²) in [7, 11) is -10.4. The van der Waals surface area contributed by atoms with Crippen molar-refractivity contribution in [1.82, 2.24) is 24.6 Å². The first-order chi connectivity index (χ1) is 3.25. The summed E-state index contributed by atoms with van der Waals surface area (Å²) in [6.45, 7) is 0. The van der Waals surface area contributed by atoms with Crippen LogP contribution in [-0.4, -0.2) is 19.6 Å². The van der Waals surface area contributed by atoms with Crippen molar-refractivity contribution >= 4 is 14.6 Å². The van der Waals surface area contributed by atoms with Gasteiger partial charge in [-0.2, -0.15) is 0 Å². The minimum Gasteiger partial charge on any atom is -0.344 e. The Morgan fingerprint density at radius 2 is 0.667 bits per heavy atom. The summed E-state index contributed by atoms with van der Waals surface area (Å²) in [4.78, 5) is 30.8. The maximum Gasteiger partial charge on any atom is 0.435 e. The van der Waals surface area contributed by atoms with E-state index in [1.54, 1.807) is 0 Å². The highest BCUT2D eigenvalue weighted by Crippen LogP contribution is 2.71. The van der Waals surface area contributed by atoms with Gasteiger partial charge in [-0.25, -0.2) is 9.13 Å². The zero-order chi connectivity index (χ0) is 7.00. The first kappa shape index (κ1) is 29.6. The minimum absolute atomic E-state index is 0. The van der Waals surface area contributed by atoms with E-state index < -0.39 is 14.6 Å². The average molecular weight is 230 g/mol. The van der Waals surface area contributed by atoms with Crippen LogP contribution in [0.25, 0.3) is 0 Å². The highest BCUT2D eigenvalue weighted by molar-refractivity contribution is 8.26. The van der Waals surface area contributed by atoms with Crippen LogP contribution in [-0.2, 0) is 9.13 Å². The SMILES string of the molecule is N.N.N.N.O=P(O)(O)P(=O)(O)O. The fraction of sp³-hybridized carbons (Fsp3) is 0. The molecule has 0 radical (unpaired) electrons. The van der Waals surface area contributed by atoms with Crippen molar-refractivity contribution in [3.8, 4) is 0 Å². The van der Waals surface area contributed by atoms with Crippen molar-refractivity contribution in [2.24, 2.45) is 0 Å². The summed E-state index contributed by atoms with van der Waals surface area (Å²) in [6, 6.07) is 0. The van der Waals surface area contributed by atoms with Crippen LogP contribution in [0.1, 0.15) is 0 Å². The number of rotatable bonds is 1. The second kappa shape index (κ2) is 7.77. The lowest BCUT2D eigenvalue weighted by Gasteiger charge is -2.02. The summed E-state index contributed by atoms with van der Waals surface area (Å²) in [5.41, 5.74) is 0. The predicted octanol–water partition coefficient (Wildman–Crippen LogP) is -0.0952. The fourth-order valence-corrected chi connectivity index (χ4v) is 0. The first-order valence-corrected chi connectivity index (χ1v) is 5.30. The van der Waals surface area contributed by atoms with Crippen LogP contribution in [0.3, 0.4) is 0 Å². The van der Waals surface area contributed by atoms with Crippen molar-refractivity contribution in [2.45, 2.75) is 0 Å². The van der Waals surface area contributed by atoms with Crippen LogP contribution in [0.15, 0.2) is 0 Å². The molecule has 0 saturated heterocycles. The second-order valence-electron chi connectivity index (χ2n) is 1.03. The summed E-state index contributed by atoms with van der Waals surface area (Å²) in [6.07, 6.45) is 0. The van der Waals surface area contributed by atoms with Crippen molar-refractivity contribution in [1.29, 1.82) is 0 Å². The van der Waals surface area contributed by atoms with Crippen LogP contribution in [0.5, 0.6) is 0 Å². The molecule has 0 atom stereocenters. The Labute approximate surface area is 68.9 Å². The van der Waals surface area contributed by atoms with Gasteiger partial charge in [0.1, 0.15) is 0 Å². The number of hydrogen-bond acceptors (Lipinski definition) is 6. The molecule has 82 valence electrons. The van der Waals surface area contributed by atoms with Gasteiger partial charge in [0.15, 0.2) is 0 Å². The van der Waals surface area contributed by atoms with Gasteiger partial charge in [0.25, 0.3) is 0 Å². The third-order valence-corrected chi connectivity index (χ3v) is 3.05. The molecule has 0 aliphatic carbocycles. The monoisotopic (exact) mass is 230 g/mol.